The Bertz CT molecular complexity index is 1380. The SMILES string of the molecule is CC1(C)CCC(c2cccs2)N(CC(=O)Nc2ccc3c(c2)CC2(C3)C(=O)Nc3ncccc32)C1=O. The van der Waals surface area contributed by atoms with Crippen molar-refractivity contribution in [2.75, 3.05) is 17.2 Å². The van der Waals surface area contributed by atoms with Gasteiger partial charge in [-0.15, -0.1) is 11.3 Å². The fourth-order valence-electron chi connectivity index (χ4n) is 5.95. The van der Waals surface area contributed by atoms with E-state index in [-0.39, 0.29) is 30.3 Å². The first kappa shape index (κ1) is 22.9. The van der Waals surface area contributed by atoms with Crippen LogP contribution in [0.5, 0.6) is 0 Å². The zero-order valence-corrected chi connectivity index (χ0v) is 21.2. The largest absolute Gasteiger partial charge is 0.325 e. The molecule has 0 saturated carbocycles. The van der Waals surface area contributed by atoms with E-state index in [0.717, 1.165) is 34.4 Å². The first-order chi connectivity index (χ1) is 17.3. The van der Waals surface area contributed by atoms with Gasteiger partial charge in [0.25, 0.3) is 0 Å². The van der Waals surface area contributed by atoms with Crippen molar-refractivity contribution in [3.8, 4) is 0 Å². The molecule has 1 saturated heterocycles. The number of amides is 3. The van der Waals surface area contributed by atoms with Gasteiger partial charge in [0, 0.05) is 27.7 Å². The smallest absolute Gasteiger partial charge is 0.244 e. The molecular formula is C28H28N4O3S. The van der Waals surface area contributed by atoms with Crippen molar-refractivity contribution in [1.29, 1.82) is 0 Å². The lowest BCUT2D eigenvalue weighted by Crippen LogP contribution is -2.50. The minimum absolute atomic E-state index is 0.00724. The van der Waals surface area contributed by atoms with Crippen LogP contribution >= 0.6 is 11.3 Å². The number of aromatic nitrogens is 1. The minimum Gasteiger partial charge on any atom is -0.325 e. The molecule has 1 spiro atoms. The van der Waals surface area contributed by atoms with Crippen LogP contribution in [0, 0.1) is 5.41 Å². The highest BCUT2D eigenvalue weighted by Gasteiger charge is 2.51. The van der Waals surface area contributed by atoms with Gasteiger partial charge < -0.3 is 15.5 Å². The van der Waals surface area contributed by atoms with Crippen LogP contribution < -0.4 is 10.6 Å². The number of hydrogen-bond donors (Lipinski definition) is 2. The number of carbonyl (C=O) groups excluding carboxylic acids is 3. The number of likely N-dealkylation sites (tertiary alicyclic amines) is 1. The average Bonchev–Trinajstić information content (AvgIpc) is 3.56. The van der Waals surface area contributed by atoms with Crippen molar-refractivity contribution in [3.05, 3.63) is 75.6 Å². The molecular weight excluding hydrogens is 472 g/mol. The lowest BCUT2D eigenvalue weighted by Gasteiger charge is -2.42. The van der Waals surface area contributed by atoms with E-state index < -0.39 is 10.8 Å². The summed E-state index contributed by atoms with van der Waals surface area (Å²) in [4.78, 5) is 46.6. The molecule has 6 rings (SSSR count). The van der Waals surface area contributed by atoms with Crippen LogP contribution in [0.3, 0.4) is 0 Å². The van der Waals surface area contributed by atoms with Crippen molar-refractivity contribution in [2.45, 2.75) is 51.0 Å². The van der Waals surface area contributed by atoms with Crippen LogP contribution in [0.2, 0.25) is 0 Å². The van der Waals surface area contributed by atoms with Crippen LogP contribution in [0.4, 0.5) is 11.5 Å². The Hall–Kier alpha value is -3.52. The molecule has 1 fully saturated rings. The van der Waals surface area contributed by atoms with Gasteiger partial charge in [-0.1, -0.05) is 32.0 Å². The van der Waals surface area contributed by atoms with Gasteiger partial charge in [-0.3, -0.25) is 14.4 Å². The Labute approximate surface area is 213 Å². The molecule has 0 radical (unpaired) electrons. The van der Waals surface area contributed by atoms with E-state index in [1.54, 1.807) is 22.4 Å². The molecule has 3 aliphatic rings. The second-order valence-corrected chi connectivity index (χ2v) is 11.7. The maximum atomic E-state index is 13.3. The number of nitrogens with one attached hydrogen (secondary N) is 2. The number of piperidine rings is 1. The zero-order valence-electron chi connectivity index (χ0n) is 20.3. The van der Waals surface area contributed by atoms with Crippen molar-refractivity contribution in [1.82, 2.24) is 9.88 Å². The molecule has 4 heterocycles. The molecule has 2 N–H and O–H groups in total. The molecule has 7 nitrogen and oxygen atoms in total. The van der Waals surface area contributed by atoms with E-state index in [1.807, 2.05) is 61.7 Å². The van der Waals surface area contributed by atoms with Gasteiger partial charge in [0.05, 0.1) is 11.5 Å². The van der Waals surface area contributed by atoms with Gasteiger partial charge >= 0.3 is 0 Å². The lowest BCUT2D eigenvalue weighted by molar-refractivity contribution is -0.150. The van der Waals surface area contributed by atoms with Crippen molar-refractivity contribution < 1.29 is 14.4 Å². The predicted octanol–water partition coefficient (Wildman–Crippen LogP) is 4.46. The zero-order chi connectivity index (χ0) is 25.1. The summed E-state index contributed by atoms with van der Waals surface area (Å²) in [6, 6.07) is 13.6. The van der Waals surface area contributed by atoms with Gasteiger partial charge in [-0.2, -0.15) is 0 Å². The second-order valence-electron chi connectivity index (χ2n) is 10.7. The average molecular weight is 501 g/mol. The molecule has 0 bridgehead atoms. The van der Waals surface area contributed by atoms with Gasteiger partial charge in [0.15, 0.2) is 0 Å². The third kappa shape index (κ3) is 3.63. The highest BCUT2D eigenvalue weighted by molar-refractivity contribution is 7.10. The summed E-state index contributed by atoms with van der Waals surface area (Å²) in [5.74, 6) is 0.406. The molecule has 184 valence electrons. The number of benzene rings is 1. The predicted molar refractivity (Wildman–Crippen MR) is 139 cm³/mol. The highest BCUT2D eigenvalue weighted by Crippen LogP contribution is 2.47. The second kappa shape index (κ2) is 8.27. The van der Waals surface area contributed by atoms with Crippen molar-refractivity contribution >= 4 is 40.6 Å². The van der Waals surface area contributed by atoms with E-state index in [4.69, 9.17) is 0 Å². The fourth-order valence-corrected chi connectivity index (χ4v) is 6.82. The molecule has 8 heteroatoms. The summed E-state index contributed by atoms with van der Waals surface area (Å²) in [6.45, 7) is 3.91. The van der Waals surface area contributed by atoms with Crippen LogP contribution in [0.15, 0.2) is 54.0 Å². The Morgan fingerprint density at radius 2 is 2.00 bits per heavy atom. The van der Waals surface area contributed by atoms with E-state index in [9.17, 15) is 14.4 Å². The van der Waals surface area contributed by atoms with Gasteiger partial charge in [0.1, 0.15) is 12.4 Å². The van der Waals surface area contributed by atoms with Crippen LogP contribution in [-0.2, 0) is 32.6 Å². The van der Waals surface area contributed by atoms with E-state index in [0.29, 0.717) is 24.3 Å². The number of fused-ring (bicyclic) bond motifs is 3. The summed E-state index contributed by atoms with van der Waals surface area (Å²) >= 11 is 1.62. The van der Waals surface area contributed by atoms with Gasteiger partial charge in [0.2, 0.25) is 17.7 Å². The summed E-state index contributed by atoms with van der Waals surface area (Å²) in [6.07, 6.45) is 4.50. The Morgan fingerprint density at radius 3 is 2.81 bits per heavy atom. The summed E-state index contributed by atoms with van der Waals surface area (Å²) in [7, 11) is 0. The fraction of sp³-hybridized carbons (Fsp3) is 0.357. The van der Waals surface area contributed by atoms with Crippen molar-refractivity contribution in [3.63, 3.8) is 0 Å². The van der Waals surface area contributed by atoms with E-state index >= 15 is 0 Å². The number of pyridine rings is 1. The van der Waals surface area contributed by atoms with Gasteiger partial charge in [-0.25, -0.2) is 4.98 Å². The number of nitrogens with zero attached hydrogens (tertiary/aromatic N) is 2. The quantitative estimate of drug-likeness (QED) is 0.553. The standard InChI is InChI=1S/C28H28N4O3S/c1-27(2)10-9-21(22-6-4-12-36-22)32(26(27)35)16-23(33)30-19-8-7-17-14-28(15-18(17)13-19)20-5-3-11-29-24(20)31-25(28)34/h3-8,11-13,21H,9-10,14-16H2,1-2H3,(H,30,33)(H,29,31,34). The summed E-state index contributed by atoms with van der Waals surface area (Å²) in [5.41, 5.74) is 2.63. The number of rotatable bonds is 4. The Balaban J connectivity index is 1.20. The summed E-state index contributed by atoms with van der Waals surface area (Å²) < 4.78 is 0. The maximum absolute atomic E-state index is 13.3. The summed E-state index contributed by atoms with van der Waals surface area (Å²) in [5, 5.41) is 7.94. The third-order valence-electron chi connectivity index (χ3n) is 7.91. The molecule has 1 aromatic carbocycles. The molecule has 3 aromatic rings. The van der Waals surface area contributed by atoms with Crippen LogP contribution in [0.25, 0.3) is 0 Å². The van der Waals surface area contributed by atoms with Crippen LogP contribution in [-0.4, -0.2) is 34.2 Å². The molecule has 2 aromatic heterocycles. The molecule has 2 unspecified atom stereocenters. The van der Waals surface area contributed by atoms with Gasteiger partial charge in [-0.05, 0) is 66.5 Å². The lowest BCUT2D eigenvalue weighted by atomic mass is 9.79. The van der Waals surface area contributed by atoms with Crippen LogP contribution in [0.1, 0.15) is 54.3 Å². The molecule has 36 heavy (non-hydrogen) atoms. The number of thiophene rings is 1. The minimum atomic E-state index is -0.645. The van der Waals surface area contributed by atoms with E-state index in [2.05, 4.69) is 15.6 Å². The topological polar surface area (TPSA) is 91.4 Å². The molecule has 2 atom stereocenters. The normalized spacial score (nSPS) is 23.9. The van der Waals surface area contributed by atoms with Crippen molar-refractivity contribution in [2.24, 2.45) is 5.41 Å². The maximum Gasteiger partial charge on any atom is 0.244 e. The Kier molecular flexibility index (Phi) is 5.26. The highest BCUT2D eigenvalue weighted by atomic mass is 32.1. The molecule has 1 aliphatic carbocycles. The first-order valence-corrected chi connectivity index (χ1v) is 13.2. The first-order valence-electron chi connectivity index (χ1n) is 12.3. The Morgan fingerprint density at radius 1 is 1.17 bits per heavy atom. The van der Waals surface area contributed by atoms with E-state index in [1.165, 1.54) is 0 Å². The molecule has 3 amide bonds. The monoisotopic (exact) mass is 500 g/mol. The number of anilines is 2. The third-order valence-corrected chi connectivity index (χ3v) is 8.88. The number of hydrogen-bond acceptors (Lipinski definition) is 5. The molecule has 2 aliphatic heterocycles. The number of carbonyl (C=O) groups is 3.